The normalized spacial score (nSPS) is 29.9. The van der Waals surface area contributed by atoms with Crippen molar-refractivity contribution in [3.8, 4) is 0 Å². The van der Waals surface area contributed by atoms with Crippen LogP contribution in [0.15, 0.2) is 29.2 Å². The van der Waals surface area contributed by atoms with Crippen molar-refractivity contribution in [2.75, 3.05) is 35.7 Å². The van der Waals surface area contributed by atoms with Crippen molar-refractivity contribution in [3.63, 3.8) is 0 Å². The lowest BCUT2D eigenvalue weighted by atomic mass is 9.77. The van der Waals surface area contributed by atoms with Crippen molar-refractivity contribution >= 4 is 34.2 Å². The maximum absolute atomic E-state index is 12.9. The molecule has 1 aromatic carbocycles. The van der Waals surface area contributed by atoms with Crippen molar-refractivity contribution in [3.05, 3.63) is 40.5 Å². The first-order chi connectivity index (χ1) is 16.0. The highest BCUT2D eigenvalue weighted by molar-refractivity contribution is 7.85. The van der Waals surface area contributed by atoms with Crippen LogP contribution in [0.3, 0.4) is 0 Å². The molecule has 2 aliphatic heterocycles. The van der Waals surface area contributed by atoms with Gasteiger partial charge in [-0.3, -0.25) is 4.21 Å². The number of aryl methyl sites for hydroxylation is 1. The fraction of sp³-hybridized carbons (Fsp3) is 0.600. The molecule has 1 aromatic heterocycles. The minimum atomic E-state index is -1.09. The van der Waals surface area contributed by atoms with Gasteiger partial charge in [0.1, 0.15) is 10.7 Å². The molecule has 2 bridgehead atoms. The van der Waals surface area contributed by atoms with Crippen molar-refractivity contribution in [1.29, 1.82) is 0 Å². The minimum Gasteiger partial charge on any atom is -0.394 e. The van der Waals surface area contributed by atoms with E-state index in [1.807, 2.05) is 12.1 Å². The highest BCUT2D eigenvalue weighted by atomic mass is 35.5. The maximum atomic E-state index is 12.9. The van der Waals surface area contributed by atoms with Crippen molar-refractivity contribution < 1.29 is 9.32 Å². The number of aliphatic hydroxyl groups excluding tert-OH is 1. The van der Waals surface area contributed by atoms with Crippen LogP contribution in [-0.2, 0) is 17.2 Å². The average Bonchev–Trinajstić information content (AvgIpc) is 3.05. The molecule has 4 aliphatic rings. The average molecular weight is 487 g/mol. The van der Waals surface area contributed by atoms with Crippen LogP contribution in [0.5, 0.6) is 0 Å². The number of halogens is 1. The molecule has 3 atom stereocenters. The largest absolute Gasteiger partial charge is 0.394 e. The highest BCUT2D eigenvalue weighted by Crippen LogP contribution is 2.49. The Bertz CT molecular complexity index is 1060. The molecule has 8 heteroatoms. The van der Waals surface area contributed by atoms with Gasteiger partial charge < -0.3 is 15.3 Å². The molecule has 176 valence electrons. The molecule has 2 saturated carbocycles. The molecule has 3 heterocycles. The van der Waals surface area contributed by atoms with Crippen LogP contribution in [0.2, 0.25) is 5.02 Å². The second-order valence-electron chi connectivity index (χ2n) is 10.3. The smallest absolute Gasteiger partial charge is 0.227 e. The number of anilines is 2. The third-order valence-electron chi connectivity index (χ3n) is 8.26. The summed E-state index contributed by atoms with van der Waals surface area (Å²) in [6.45, 7) is 1.96. The number of benzene rings is 1. The van der Waals surface area contributed by atoms with Crippen LogP contribution in [0, 0.1) is 11.8 Å². The summed E-state index contributed by atoms with van der Waals surface area (Å²) in [5.41, 5.74) is 1.99. The number of nitrogens with zero attached hydrogens (tertiary/aromatic N) is 3. The molecule has 1 saturated heterocycles. The Morgan fingerprint density at radius 3 is 2.48 bits per heavy atom. The lowest BCUT2D eigenvalue weighted by molar-refractivity contribution is 0.143. The van der Waals surface area contributed by atoms with E-state index < -0.39 is 10.8 Å². The summed E-state index contributed by atoms with van der Waals surface area (Å²) in [5.74, 6) is 3.82. The van der Waals surface area contributed by atoms with E-state index in [1.165, 1.54) is 18.4 Å². The lowest BCUT2D eigenvalue weighted by Crippen LogP contribution is -2.49. The van der Waals surface area contributed by atoms with Gasteiger partial charge in [-0.05, 0) is 80.4 Å². The third-order valence-corrected chi connectivity index (χ3v) is 10.1. The van der Waals surface area contributed by atoms with E-state index in [0.29, 0.717) is 29.3 Å². The number of rotatable bonds is 5. The monoisotopic (exact) mass is 486 g/mol. The van der Waals surface area contributed by atoms with E-state index in [9.17, 15) is 9.32 Å². The van der Waals surface area contributed by atoms with E-state index in [2.05, 4.69) is 22.3 Å². The van der Waals surface area contributed by atoms with E-state index in [1.54, 1.807) is 0 Å². The number of fused-ring (bicyclic) bond motifs is 3. The van der Waals surface area contributed by atoms with Crippen molar-refractivity contribution in [1.82, 2.24) is 9.97 Å². The zero-order valence-corrected chi connectivity index (χ0v) is 20.4. The first kappa shape index (κ1) is 21.8. The maximum Gasteiger partial charge on any atom is 0.227 e. The van der Waals surface area contributed by atoms with E-state index in [-0.39, 0.29) is 12.1 Å². The lowest BCUT2D eigenvalue weighted by Gasteiger charge is -2.42. The summed E-state index contributed by atoms with van der Waals surface area (Å²) >= 11 is 6.13. The van der Waals surface area contributed by atoms with E-state index in [4.69, 9.17) is 21.6 Å². The molecule has 6 nitrogen and oxygen atoms in total. The van der Waals surface area contributed by atoms with Gasteiger partial charge in [-0.2, -0.15) is 4.98 Å². The first-order valence-electron chi connectivity index (χ1n) is 12.2. The van der Waals surface area contributed by atoms with Gasteiger partial charge in [0.05, 0.1) is 28.6 Å². The topological polar surface area (TPSA) is 78.4 Å². The molecule has 2 aromatic rings. The summed E-state index contributed by atoms with van der Waals surface area (Å²) in [5, 5.41) is 14.3. The van der Waals surface area contributed by atoms with Gasteiger partial charge in [-0.15, -0.1) is 0 Å². The number of hydrogen-bond donors (Lipinski definition) is 2. The first-order valence-corrected chi connectivity index (χ1v) is 13.9. The minimum absolute atomic E-state index is 0.0738. The molecular weight excluding hydrogens is 456 g/mol. The third kappa shape index (κ3) is 3.86. The molecular formula is C25H31ClN4O2S. The summed E-state index contributed by atoms with van der Waals surface area (Å²) in [6, 6.07) is 8.39. The SMILES string of the molecule is O=[S@@]1CCCc2nc(N3CC4CCC(C3)C4c3ccc(Cl)cc3)nc(NC3(CO)CCC3)c21. The number of hydrogen-bond acceptors (Lipinski definition) is 6. The number of aromatic nitrogens is 2. The van der Waals surface area contributed by atoms with Crippen LogP contribution < -0.4 is 10.2 Å². The standard InChI is InChI=1S/C25H31ClN4O2S/c26-19-8-6-16(7-9-19)21-17-4-5-18(21)14-30(13-17)24-27-20-3-1-12-33(32)22(20)23(28-24)29-25(15-31)10-2-11-25/h6-9,17-18,21,31H,1-5,10-15H2,(H,27,28,29)/t17?,18?,21?,33-/m1/s1. The fourth-order valence-electron chi connectivity index (χ4n) is 6.38. The Morgan fingerprint density at radius 2 is 1.85 bits per heavy atom. The predicted octanol–water partition coefficient (Wildman–Crippen LogP) is 4.14. The van der Waals surface area contributed by atoms with Crippen LogP contribution in [0.25, 0.3) is 0 Å². The zero-order chi connectivity index (χ0) is 22.6. The summed E-state index contributed by atoms with van der Waals surface area (Å²) < 4.78 is 12.9. The van der Waals surface area contributed by atoms with Crippen molar-refractivity contribution in [2.24, 2.45) is 11.8 Å². The predicted molar refractivity (Wildman–Crippen MR) is 132 cm³/mol. The Morgan fingerprint density at radius 1 is 1.12 bits per heavy atom. The van der Waals surface area contributed by atoms with Gasteiger partial charge in [0.15, 0.2) is 0 Å². The quantitative estimate of drug-likeness (QED) is 0.661. The van der Waals surface area contributed by atoms with E-state index in [0.717, 1.165) is 66.8 Å². The molecule has 0 spiro atoms. The fourth-order valence-corrected chi connectivity index (χ4v) is 7.84. The number of piperidine rings is 1. The van der Waals surface area contributed by atoms with Crippen LogP contribution in [0.1, 0.15) is 55.7 Å². The molecule has 2 N–H and O–H groups in total. The van der Waals surface area contributed by atoms with Crippen LogP contribution in [-0.4, -0.2) is 50.3 Å². The van der Waals surface area contributed by atoms with Gasteiger partial charge in [0, 0.05) is 23.9 Å². The Labute approximate surface area is 202 Å². The van der Waals surface area contributed by atoms with Crippen LogP contribution >= 0.6 is 11.6 Å². The summed E-state index contributed by atoms with van der Waals surface area (Å²) in [7, 11) is -1.09. The molecule has 0 radical (unpaired) electrons. The summed E-state index contributed by atoms with van der Waals surface area (Å²) in [6.07, 6.45) is 7.11. The second-order valence-corrected chi connectivity index (χ2v) is 12.2. The molecule has 2 unspecified atom stereocenters. The molecule has 0 amide bonds. The highest BCUT2D eigenvalue weighted by Gasteiger charge is 2.44. The van der Waals surface area contributed by atoms with Gasteiger partial charge in [0.2, 0.25) is 5.95 Å². The molecule has 6 rings (SSSR count). The summed E-state index contributed by atoms with van der Waals surface area (Å²) in [4.78, 5) is 13.0. The van der Waals surface area contributed by atoms with Gasteiger partial charge in [0.25, 0.3) is 0 Å². The molecule has 3 fully saturated rings. The van der Waals surface area contributed by atoms with Gasteiger partial charge in [-0.25, -0.2) is 4.98 Å². The number of aliphatic hydroxyl groups is 1. The Hall–Kier alpha value is -1.70. The van der Waals surface area contributed by atoms with E-state index >= 15 is 0 Å². The Balaban J connectivity index is 1.31. The van der Waals surface area contributed by atoms with Crippen molar-refractivity contribution in [2.45, 2.75) is 61.3 Å². The molecule has 33 heavy (non-hydrogen) atoms. The van der Waals surface area contributed by atoms with Crippen LogP contribution in [0.4, 0.5) is 11.8 Å². The Kier molecular flexibility index (Phi) is 5.62. The second kappa shape index (κ2) is 8.51. The van der Waals surface area contributed by atoms with Gasteiger partial charge >= 0.3 is 0 Å². The molecule has 2 aliphatic carbocycles. The number of nitrogens with one attached hydrogen (secondary N) is 1. The zero-order valence-electron chi connectivity index (χ0n) is 18.8. The van der Waals surface area contributed by atoms with Gasteiger partial charge in [-0.1, -0.05) is 23.7 Å².